The molecule has 39 heavy (non-hydrogen) atoms. The summed E-state index contributed by atoms with van der Waals surface area (Å²) in [5.41, 5.74) is 0. The van der Waals surface area contributed by atoms with Gasteiger partial charge in [0.05, 0.1) is 6.61 Å². The maximum atomic E-state index is 11.5. The van der Waals surface area contributed by atoms with E-state index in [1.54, 1.807) is 13.8 Å². The van der Waals surface area contributed by atoms with Gasteiger partial charge in [0.2, 0.25) is 6.29 Å². The molecule has 8 heteroatoms. The van der Waals surface area contributed by atoms with Crippen LogP contribution in [0.3, 0.4) is 0 Å². The molecule has 1 saturated heterocycles. The van der Waals surface area contributed by atoms with Gasteiger partial charge in [0.25, 0.3) is 8.32 Å². The average Bonchev–Trinajstić information content (AvgIpc) is 3.23. The summed E-state index contributed by atoms with van der Waals surface area (Å²) in [5, 5.41) is 24.4. The molecule has 0 bridgehead atoms. The van der Waals surface area contributed by atoms with Crippen molar-refractivity contribution >= 4 is 18.7 Å². The highest BCUT2D eigenvalue weighted by Crippen LogP contribution is 2.38. The molecular weight excluding hydrogens is 512 g/mol. The molecule has 0 radical (unpaired) electrons. The van der Waals surface area contributed by atoms with Gasteiger partial charge in [0.15, 0.2) is 5.79 Å². The zero-order valence-electron chi connectivity index (χ0n) is 24.2. The molecule has 0 aromatic heterocycles. The van der Waals surface area contributed by atoms with E-state index < -0.39 is 44.8 Å². The molecule has 0 unspecified atom stereocenters. The summed E-state index contributed by atoms with van der Waals surface area (Å²) in [6.45, 7) is 14.6. The largest absolute Gasteiger partial charge is 0.405 e. The summed E-state index contributed by atoms with van der Waals surface area (Å²) in [4.78, 5) is 0. The van der Waals surface area contributed by atoms with Crippen LogP contribution in [-0.4, -0.2) is 74.8 Å². The molecule has 4 atom stereocenters. The molecule has 3 rings (SSSR count). The molecular formula is C31H44O7Si. The molecule has 214 valence electrons. The smallest absolute Gasteiger partial charge is 0.261 e. The highest BCUT2D eigenvalue weighted by molar-refractivity contribution is 6.99. The molecule has 7 nitrogen and oxygen atoms in total. The Kier molecular flexibility index (Phi) is 10.9. The minimum absolute atomic E-state index is 0.00540. The molecule has 2 N–H and O–H groups in total. The Morgan fingerprint density at radius 2 is 1.33 bits per heavy atom. The van der Waals surface area contributed by atoms with E-state index in [1.165, 1.54) is 0 Å². The van der Waals surface area contributed by atoms with Gasteiger partial charge in [-0.1, -0.05) is 87.4 Å². The second-order valence-electron chi connectivity index (χ2n) is 11.1. The van der Waals surface area contributed by atoms with Gasteiger partial charge in [0, 0.05) is 13.2 Å². The van der Waals surface area contributed by atoms with Crippen LogP contribution in [0.1, 0.15) is 48.5 Å². The number of hydrogen-bond acceptors (Lipinski definition) is 7. The summed E-state index contributed by atoms with van der Waals surface area (Å²) in [6.07, 6.45) is -4.83. The number of rotatable bonds is 11. The molecule has 0 spiro atoms. The summed E-state index contributed by atoms with van der Waals surface area (Å²) in [5.74, 6) is 4.57. The van der Waals surface area contributed by atoms with Crippen molar-refractivity contribution in [2.24, 2.45) is 0 Å². The molecule has 1 aliphatic heterocycles. The van der Waals surface area contributed by atoms with Gasteiger partial charge in [-0.3, -0.25) is 0 Å². The van der Waals surface area contributed by atoms with Crippen molar-refractivity contribution in [1.29, 1.82) is 0 Å². The van der Waals surface area contributed by atoms with Crippen molar-refractivity contribution in [2.75, 3.05) is 19.8 Å². The van der Waals surface area contributed by atoms with Crippen molar-refractivity contribution in [2.45, 2.75) is 90.0 Å². The second-order valence-corrected chi connectivity index (χ2v) is 15.4. The average molecular weight is 557 g/mol. The van der Waals surface area contributed by atoms with Crippen LogP contribution < -0.4 is 10.4 Å². The van der Waals surface area contributed by atoms with Crippen molar-refractivity contribution in [1.82, 2.24) is 0 Å². The Morgan fingerprint density at radius 3 is 1.79 bits per heavy atom. The van der Waals surface area contributed by atoms with Crippen LogP contribution in [0, 0.1) is 11.8 Å². The summed E-state index contributed by atoms with van der Waals surface area (Å²) in [7, 11) is -2.88. The quantitative estimate of drug-likeness (QED) is 0.250. The van der Waals surface area contributed by atoms with E-state index in [9.17, 15) is 10.2 Å². The SMILES string of the molecule is CCOC(C#C[C@@H](O)[C@@H]1OC(C)(C)O[C@@H]1[C@H](O)CO[Si](c1ccccc1)(c1ccccc1)C(C)(C)C)OCC. The first kappa shape index (κ1) is 31.5. The van der Waals surface area contributed by atoms with Crippen LogP contribution in [0.2, 0.25) is 5.04 Å². The third kappa shape index (κ3) is 7.57. The fourth-order valence-corrected chi connectivity index (χ4v) is 9.67. The number of aliphatic hydroxyl groups excluding tert-OH is 2. The molecule has 1 fully saturated rings. The fraction of sp³-hybridized carbons (Fsp3) is 0.548. The molecule has 2 aromatic rings. The summed E-state index contributed by atoms with van der Waals surface area (Å²) in [6, 6.07) is 20.5. The lowest BCUT2D eigenvalue weighted by molar-refractivity contribution is -0.160. The second kappa shape index (κ2) is 13.5. The lowest BCUT2D eigenvalue weighted by Crippen LogP contribution is -2.67. The molecule has 0 amide bonds. The molecule has 1 aliphatic rings. The predicted molar refractivity (Wildman–Crippen MR) is 154 cm³/mol. The Morgan fingerprint density at radius 1 is 0.846 bits per heavy atom. The minimum atomic E-state index is -2.88. The van der Waals surface area contributed by atoms with Crippen LogP contribution in [0.4, 0.5) is 0 Å². The van der Waals surface area contributed by atoms with Gasteiger partial charge in [-0.2, -0.15) is 0 Å². The Balaban J connectivity index is 1.89. The van der Waals surface area contributed by atoms with Crippen LogP contribution in [0.5, 0.6) is 0 Å². The van der Waals surface area contributed by atoms with Crippen molar-refractivity contribution < 1.29 is 33.6 Å². The van der Waals surface area contributed by atoms with Crippen LogP contribution in [-0.2, 0) is 23.4 Å². The summed E-state index contributed by atoms with van der Waals surface area (Å²) < 4.78 is 29.9. The number of aliphatic hydroxyl groups is 2. The van der Waals surface area contributed by atoms with Crippen LogP contribution >= 0.6 is 0 Å². The third-order valence-corrected chi connectivity index (χ3v) is 11.7. The number of ether oxygens (including phenoxy) is 4. The van der Waals surface area contributed by atoms with Gasteiger partial charge in [-0.05, 0) is 49.0 Å². The molecule has 2 aromatic carbocycles. The maximum Gasteiger partial charge on any atom is 0.261 e. The fourth-order valence-electron chi connectivity index (χ4n) is 5.10. The lowest BCUT2D eigenvalue weighted by Gasteiger charge is -2.43. The van der Waals surface area contributed by atoms with E-state index >= 15 is 0 Å². The Hall–Kier alpha value is -2.06. The van der Waals surface area contributed by atoms with Gasteiger partial charge in [-0.25, -0.2) is 0 Å². The van der Waals surface area contributed by atoms with E-state index in [2.05, 4.69) is 56.9 Å². The number of hydrogen-bond donors (Lipinski definition) is 2. The highest BCUT2D eigenvalue weighted by atomic mass is 28.4. The molecule has 0 aliphatic carbocycles. The zero-order chi connectivity index (χ0) is 28.7. The first-order chi connectivity index (χ1) is 18.4. The van der Waals surface area contributed by atoms with E-state index in [4.69, 9.17) is 23.4 Å². The standard InChI is InChI=1S/C31H44O7Si/c1-8-34-27(35-9-2)21-20-25(32)28-29(38-31(6,7)37-28)26(33)22-36-39(30(3,4)5,23-16-12-10-13-17-23)24-18-14-11-15-19-24/h10-19,25-29,32-33H,8-9,22H2,1-7H3/t25-,26-,28+,29-/m1/s1. The summed E-state index contributed by atoms with van der Waals surface area (Å²) >= 11 is 0. The normalized spacial score (nSPS) is 20.9. The van der Waals surface area contributed by atoms with Gasteiger partial charge < -0.3 is 33.6 Å². The van der Waals surface area contributed by atoms with Gasteiger partial charge in [-0.15, -0.1) is 0 Å². The zero-order valence-corrected chi connectivity index (χ0v) is 25.2. The molecule has 0 saturated carbocycles. The van der Waals surface area contributed by atoms with Crippen molar-refractivity contribution in [3.05, 3.63) is 60.7 Å². The maximum absolute atomic E-state index is 11.5. The van der Waals surface area contributed by atoms with Crippen LogP contribution in [0.25, 0.3) is 0 Å². The van der Waals surface area contributed by atoms with E-state index in [0.29, 0.717) is 13.2 Å². The Bertz CT molecular complexity index is 1030. The van der Waals surface area contributed by atoms with E-state index in [-0.39, 0.29) is 11.6 Å². The monoisotopic (exact) mass is 556 g/mol. The van der Waals surface area contributed by atoms with E-state index in [0.717, 1.165) is 10.4 Å². The highest BCUT2D eigenvalue weighted by Gasteiger charge is 2.52. The first-order valence-electron chi connectivity index (χ1n) is 13.7. The Labute approximate surface area is 234 Å². The van der Waals surface area contributed by atoms with E-state index in [1.807, 2.05) is 50.2 Å². The first-order valence-corrected chi connectivity index (χ1v) is 15.6. The van der Waals surface area contributed by atoms with Crippen LogP contribution in [0.15, 0.2) is 60.7 Å². The minimum Gasteiger partial charge on any atom is -0.405 e. The van der Waals surface area contributed by atoms with Crippen molar-refractivity contribution in [3.63, 3.8) is 0 Å². The number of benzene rings is 2. The predicted octanol–water partition coefficient (Wildman–Crippen LogP) is 3.21. The molecule has 1 heterocycles. The van der Waals surface area contributed by atoms with Gasteiger partial charge >= 0.3 is 0 Å². The topological polar surface area (TPSA) is 86.6 Å². The van der Waals surface area contributed by atoms with Gasteiger partial charge in [0.1, 0.15) is 24.4 Å². The third-order valence-electron chi connectivity index (χ3n) is 6.73. The lowest BCUT2D eigenvalue weighted by atomic mass is 10.0. The van der Waals surface area contributed by atoms with Crippen molar-refractivity contribution in [3.8, 4) is 11.8 Å².